The van der Waals surface area contributed by atoms with Crippen LogP contribution in [0.25, 0.3) is 0 Å². The molecule has 148 valence electrons. The van der Waals surface area contributed by atoms with E-state index in [4.69, 9.17) is 5.73 Å². The molecule has 6 nitrogen and oxygen atoms in total. The van der Waals surface area contributed by atoms with Gasteiger partial charge in [-0.2, -0.15) is 13.2 Å². The van der Waals surface area contributed by atoms with Gasteiger partial charge in [-0.3, -0.25) is 19.7 Å². The van der Waals surface area contributed by atoms with Gasteiger partial charge in [-0.1, -0.05) is 6.92 Å². The van der Waals surface area contributed by atoms with Crippen molar-refractivity contribution in [3.8, 4) is 0 Å². The summed E-state index contributed by atoms with van der Waals surface area (Å²) in [6.45, 7) is 8.79. The van der Waals surface area contributed by atoms with Crippen LogP contribution in [0.15, 0.2) is 22.3 Å². The first-order valence-electron chi connectivity index (χ1n) is 8.66. The second-order valence-corrected chi connectivity index (χ2v) is 6.58. The maximum absolute atomic E-state index is 12.9. The topological polar surface area (TPSA) is 74.3 Å². The summed E-state index contributed by atoms with van der Waals surface area (Å²) in [7, 11) is 0. The number of nitrogens with zero attached hydrogens (tertiary/aromatic N) is 4. The van der Waals surface area contributed by atoms with E-state index in [1.165, 1.54) is 0 Å². The Kier molecular flexibility index (Phi) is 8.94. The molecule has 2 N–H and O–H groups in total. The van der Waals surface area contributed by atoms with Crippen molar-refractivity contribution in [2.45, 2.75) is 38.9 Å². The highest BCUT2D eigenvalue weighted by Gasteiger charge is 2.34. The van der Waals surface area contributed by atoms with Gasteiger partial charge in [0.15, 0.2) is 0 Å². The fourth-order valence-electron chi connectivity index (χ4n) is 2.59. The lowest BCUT2D eigenvalue weighted by Gasteiger charge is -2.35. The van der Waals surface area contributed by atoms with E-state index in [1.807, 2.05) is 13.8 Å². The summed E-state index contributed by atoms with van der Waals surface area (Å²) in [5, 5.41) is 0. The van der Waals surface area contributed by atoms with E-state index in [9.17, 15) is 18.0 Å². The maximum atomic E-state index is 12.9. The highest BCUT2D eigenvalue weighted by Crippen LogP contribution is 2.19. The second kappa shape index (κ2) is 10.4. The fraction of sp³-hybridized carbons (Fsp3) is 0.706. The van der Waals surface area contributed by atoms with Crippen LogP contribution in [0.4, 0.5) is 13.2 Å². The molecule has 0 radical (unpaired) electrons. The van der Waals surface area contributed by atoms with E-state index < -0.39 is 11.9 Å². The zero-order valence-corrected chi connectivity index (χ0v) is 15.4. The molecular weight excluding hydrogens is 347 g/mol. The van der Waals surface area contributed by atoms with Gasteiger partial charge < -0.3 is 10.6 Å². The summed E-state index contributed by atoms with van der Waals surface area (Å²) < 4.78 is 38.6. The molecule has 0 aromatic carbocycles. The van der Waals surface area contributed by atoms with Crippen molar-refractivity contribution in [1.82, 2.24) is 9.80 Å². The summed E-state index contributed by atoms with van der Waals surface area (Å²) >= 11 is 0. The van der Waals surface area contributed by atoms with Gasteiger partial charge in [-0.15, -0.1) is 0 Å². The zero-order valence-electron chi connectivity index (χ0n) is 15.4. The highest BCUT2D eigenvalue weighted by molar-refractivity contribution is 5.99. The van der Waals surface area contributed by atoms with Gasteiger partial charge in [0.25, 0.3) is 0 Å². The number of aliphatic imine (C=N–C) groups is 2. The van der Waals surface area contributed by atoms with E-state index in [0.717, 1.165) is 25.1 Å². The second-order valence-electron chi connectivity index (χ2n) is 6.58. The predicted octanol–water partition coefficient (Wildman–Crippen LogP) is 2.07. The Morgan fingerprint density at radius 3 is 2.35 bits per heavy atom. The summed E-state index contributed by atoms with van der Waals surface area (Å²) in [5.41, 5.74) is 4.73. The summed E-state index contributed by atoms with van der Waals surface area (Å²) in [6.07, 6.45) is -1.25. The minimum Gasteiger partial charge on any atom is -0.340 e. The molecule has 2 unspecified atom stereocenters. The SMILES string of the molecule is C=N/C=C\C(=N/CN1CCN(C(=O)C(C)CCC(C)N)CC1)C(F)(F)F. The van der Waals surface area contributed by atoms with Crippen molar-refractivity contribution in [2.75, 3.05) is 32.8 Å². The molecule has 1 aliphatic heterocycles. The first-order chi connectivity index (χ1) is 12.1. The number of nitrogens with two attached hydrogens (primary N) is 1. The molecule has 1 saturated heterocycles. The molecule has 9 heteroatoms. The van der Waals surface area contributed by atoms with Crippen molar-refractivity contribution in [3.63, 3.8) is 0 Å². The molecule has 0 bridgehead atoms. The van der Waals surface area contributed by atoms with Crippen LogP contribution in [0.3, 0.4) is 0 Å². The van der Waals surface area contributed by atoms with Crippen LogP contribution in [-0.4, -0.2) is 73.2 Å². The normalized spacial score (nSPS) is 19.6. The average Bonchev–Trinajstić information content (AvgIpc) is 2.58. The van der Waals surface area contributed by atoms with Crippen molar-refractivity contribution in [1.29, 1.82) is 0 Å². The summed E-state index contributed by atoms with van der Waals surface area (Å²) in [4.78, 5) is 22.9. The van der Waals surface area contributed by atoms with Crippen molar-refractivity contribution >= 4 is 18.3 Å². The highest BCUT2D eigenvalue weighted by atomic mass is 19.4. The van der Waals surface area contributed by atoms with Gasteiger partial charge in [0.1, 0.15) is 5.71 Å². The first-order valence-corrected chi connectivity index (χ1v) is 8.66. The van der Waals surface area contributed by atoms with Gasteiger partial charge in [0.05, 0.1) is 6.67 Å². The fourth-order valence-corrected chi connectivity index (χ4v) is 2.59. The van der Waals surface area contributed by atoms with Crippen LogP contribution in [-0.2, 0) is 4.79 Å². The minimum atomic E-state index is -4.53. The Labute approximate surface area is 152 Å². The molecule has 1 fully saturated rings. The van der Waals surface area contributed by atoms with Crippen LogP contribution in [0.5, 0.6) is 0 Å². The number of alkyl halides is 3. The molecular formula is C17H28F3N5O. The lowest BCUT2D eigenvalue weighted by Crippen LogP contribution is -2.50. The number of hydrogen-bond acceptors (Lipinski definition) is 5. The third-order valence-corrected chi connectivity index (χ3v) is 4.23. The largest absolute Gasteiger partial charge is 0.433 e. The van der Waals surface area contributed by atoms with Crippen molar-refractivity contribution in [2.24, 2.45) is 21.6 Å². The number of halogens is 3. The molecule has 2 atom stereocenters. The Hall–Kier alpha value is -1.74. The standard InChI is InChI=1S/C17H28F3N5O/c1-13(4-5-14(2)21)16(26)25-10-8-24(9-11-25)12-23-15(6-7-22-3)17(18,19)20/h6-7,13-14H,3-5,8-12,21H2,1-2H3/b7-6-,23-15+. The number of hydrogen-bond donors (Lipinski definition) is 1. The Morgan fingerprint density at radius 2 is 1.85 bits per heavy atom. The number of amides is 1. The monoisotopic (exact) mass is 375 g/mol. The number of carbonyl (C=O) groups is 1. The van der Waals surface area contributed by atoms with Crippen LogP contribution in [0.1, 0.15) is 26.7 Å². The molecule has 1 rings (SSSR count). The van der Waals surface area contributed by atoms with E-state index in [1.54, 1.807) is 9.80 Å². The van der Waals surface area contributed by atoms with Gasteiger partial charge >= 0.3 is 6.18 Å². The predicted molar refractivity (Wildman–Crippen MR) is 97.2 cm³/mol. The molecule has 1 aliphatic rings. The number of rotatable bonds is 8. The van der Waals surface area contributed by atoms with E-state index in [2.05, 4.69) is 16.7 Å². The summed E-state index contributed by atoms with van der Waals surface area (Å²) in [5.74, 6) is -0.0243. The van der Waals surface area contributed by atoms with Crippen LogP contribution >= 0.6 is 0 Å². The quantitative estimate of drug-likeness (QED) is 0.660. The number of carbonyl (C=O) groups excluding carboxylic acids is 1. The molecule has 0 aromatic rings. The Balaban J connectivity index is 2.52. The molecule has 26 heavy (non-hydrogen) atoms. The number of piperazine rings is 1. The van der Waals surface area contributed by atoms with Gasteiger partial charge in [0, 0.05) is 44.3 Å². The van der Waals surface area contributed by atoms with Gasteiger partial charge in [0.2, 0.25) is 5.91 Å². The molecule has 0 aromatic heterocycles. The van der Waals surface area contributed by atoms with Crippen molar-refractivity contribution in [3.05, 3.63) is 12.3 Å². The smallest absolute Gasteiger partial charge is 0.340 e. The molecule has 1 heterocycles. The third-order valence-electron chi connectivity index (χ3n) is 4.23. The van der Waals surface area contributed by atoms with E-state index >= 15 is 0 Å². The summed E-state index contributed by atoms with van der Waals surface area (Å²) in [6, 6.07) is 0.0631. The maximum Gasteiger partial charge on any atom is 0.433 e. The number of allylic oxidation sites excluding steroid dienone is 1. The van der Waals surface area contributed by atoms with Crippen molar-refractivity contribution < 1.29 is 18.0 Å². The van der Waals surface area contributed by atoms with Gasteiger partial charge in [-0.25, -0.2) is 0 Å². The molecule has 0 aliphatic carbocycles. The van der Waals surface area contributed by atoms with Gasteiger partial charge in [-0.05, 0) is 32.6 Å². The van der Waals surface area contributed by atoms with Crippen LogP contribution < -0.4 is 5.73 Å². The third kappa shape index (κ3) is 7.65. The molecule has 0 saturated carbocycles. The Bertz CT molecular complexity index is 523. The van der Waals surface area contributed by atoms with E-state index in [0.29, 0.717) is 26.2 Å². The Morgan fingerprint density at radius 1 is 1.23 bits per heavy atom. The molecule has 0 spiro atoms. The lowest BCUT2D eigenvalue weighted by molar-refractivity contribution is -0.137. The minimum absolute atomic E-state index is 0.0631. The zero-order chi connectivity index (χ0) is 19.7. The van der Waals surface area contributed by atoms with Crippen LogP contribution in [0, 0.1) is 5.92 Å². The average molecular weight is 375 g/mol. The van der Waals surface area contributed by atoms with Crippen LogP contribution in [0.2, 0.25) is 0 Å². The lowest BCUT2D eigenvalue weighted by atomic mass is 10.0. The van der Waals surface area contributed by atoms with E-state index in [-0.39, 0.29) is 24.5 Å². The molecule has 1 amide bonds. The first kappa shape index (κ1) is 22.3.